The Bertz CT molecular complexity index is 386. The van der Waals surface area contributed by atoms with Crippen molar-refractivity contribution < 1.29 is 14.2 Å². The van der Waals surface area contributed by atoms with Crippen LogP contribution in [0.2, 0.25) is 0 Å². The van der Waals surface area contributed by atoms with Crippen LogP contribution in [-0.4, -0.2) is 25.2 Å². The molecule has 1 aromatic carbocycles. The van der Waals surface area contributed by atoms with Crippen LogP contribution < -0.4 is 19.9 Å². The molecular formula is C13H19NO3S. The van der Waals surface area contributed by atoms with E-state index in [0.29, 0.717) is 13.4 Å². The highest BCUT2D eigenvalue weighted by Crippen LogP contribution is 2.35. The Morgan fingerprint density at radius 2 is 2.11 bits per heavy atom. The van der Waals surface area contributed by atoms with E-state index in [1.165, 1.54) is 0 Å². The molecule has 0 amide bonds. The molecule has 100 valence electrons. The first-order chi connectivity index (χ1) is 8.79. The van der Waals surface area contributed by atoms with Crippen molar-refractivity contribution in [2.24, 2.45) is 5.73 Å². The first-order valence-electron chi connectivity index (χ1n) is 6.18. The average Bonchev–Trinajstić information content (AvgIpc) is 2.85. The Balaban J connectivity index is 1.68. The molecule has 1 aromatic rings. The summed E-state index contributed by atoms with van der Waals surface area (Å²) in [5, 5.41) is 0. The monoisotopic (exact) mass is 269 g/mol. The molecule has 2 N–H and O–H groups in total. The molecule has 1 atom stereocenters. The van der Waals surface area contributed by atoms with Crippen molar-refractivity contribution in [3.8, 4) is 17.2 Å². The molecule has 5 heteroatoms. The van der Waals surface area contributed by atoms with Gasteiger partial charge in [0.1, 0.15) is 5.75 Å². The summed E-state index contributed by atoms with van der Waals surface area (Å²) in [6, 6.07) is 5.82. The molecule has 0 spiro atoms. The topological polar surface area (TPSA) is 53.7 Å². The summed E-state index contributed by atoms with van der Waals surface area (Å²) in [4.78, 5) is 0. The summed E-state index contributed by atoms with van der Waals surface area (Å²) >= 11 is 4.15. The number of hydrogen-bond acceptors (Lipinski definition) is 5. The fourth-order valence-corrected chi connectivity index (χ4v) is 1.94. The predicted octanol–water partition coefficient (Wildman–Crippen LogP) is 2.22. The van der Waals surface area contributed by atoms with Crippen LogP contribution in [0.25, 0.3) is 0 Å². The van der Waals surface area contributed by atoms with E-state index in [2.05, 4.69) is 12.6 Å². The number of rotatable bonds is 7. The standard InChI is InChI=1S/C13H19NO3S/c14-10(8-18)3-1-2-6-15-11-4-5-12-13(7-11)17-9-16-12/h4-5,7,10,18H,1-3,6,8-9,14H2/t10-/m1/s1. The van der Waals surface area contributed by atoms with Crippen molar-refractivity contribution >= 4 is 12.6 Å². The van der Waals surface area contributed by atoms with E-state index in [-0.39, 0.29) is 6.04 Å². The second-order valence-corrected chi connectivity index (χ2v) is 4.67. The summed E-state index contributed by atoms with van der Waals surface area (Å²) in [6.45, 7) is 0.985. The van der Waals surface area contributed by atoms with E-state index in [0.717, 1.165) is 42.3 Å². The highest BCUT2D eigenvalue weighted by Gasteiger charge is 2.13. The molecule has 2 rings (SSSR count). The largest absolute Gasteiger partial charge is 0.493 e. The summed E-state index contributed by atoms with van der Waals surface area (Å²) in [6.07, 6.45) is 3.05. The maximum absolute atomic E-state index is 5.78. The minimum absolute atomic E-state index is 0.193. The zero-order valence-corrected chi connectivity index (χ0v) is 11.2. The molecule has 18 heavy (non-hydrogen) atoms. The molecular weight excluding hydrogens is 250 g/mol. The number of ether oxygens (including phenoxy) is 3. The van der Waals surface area contributed by atoms with Gasteiger partial charge in [0.05, 0.1) is 6.61 Å². The second-order valence-electron chi connectivity index (χ2n) is 4.30. The lowest BCUT2D eigenvalue weighted by Gasteiger charge is -2.09. The SMILES string of the molecule is N[C@@H](CS)CCCCOc1ccc2c(c1)OCO2. The van der Waals surface area contributed by atoms with Gasteiger partial charge in [0.15, 0.2) is 11.5 Å². The van der Waals surface area contributed by atoms with Crippen LogP contribution >= 0.6 is 12.6 Å². The van der Waals surface area contributed by atoms with E-state index in [4.69, 9.17) is 19.9 Å². The normalized spacial score (nSPS) is 14.6. The molecule has 0 radical (unpaired) electrons. The van der Waals surface area contributed by atoms with Gasteiger partial charge in [-0.2, -0.15) is 12.6 Å². The average molecular weight is 269 g/mol. The van der Waals surface area contributed by atoms with E-state index >= 15 is 0 Å². The maximum atomic E-state index is 5.78. The van der Waals surface area contributed by atoms with Crippen LogP contribution in [0.5, 0.6) is 17.2 Å². The molecule has 0 aromatic heterocycles. The van der Waals surface area contributed by atoms with Gasteiger partial charge >= 0.3 is 0 Å². The molecule has 0 fully saturated rings. The Morgan fingerprint density at radius 3 is 2.94 bits per heavy atom. The zero-order valence-electron chi connectivity index (χ0n) is 10.3. The van der Waals surface area contributed by atoms with Crippen molar-refractivity contribution in [1.82, 2.24) is 0 Å². The maximum Gasteiger partial charge on any atom is 0.231 e. The van der Waals surface area contributed by atoms with Crippen LogP contribution in [-0.2, 0) is 0 Å². The Kier molecular flexibility index (Phi) is 5.01. The summed E-state index contributed by atoms with van der Waals surface area (Å²) < 4.78 is 16.2. The first-order valence-corrected chi connectivity index (χ1v) is 6.81. The van der Waals surface area contributed by atoms with E-state index < -0.39 is 0 Å². The Morgan fingerprint density at radius 1 is 1.28 bits per heavy atom. The Labute approximate surface area is 113 Å². The molecule has 1 aliphatic rings. The van der Waals surface area contributed by atoms with Gasteiger partial charge in [-0.25, -0.2) is 0 Å². The second kappa shape index (κ2) is 6.75. The third-order valence-electron chi connectivity index (χ3n) is 2.82. The van der Waals surface area contributed by atoms with Gasteiger partial charge in [-0.15, -0.1) is 0 Å². The molecule has 0 saturated carbocycles. The van der Waals surface area contributed by atoms with Gasteiger partial charge in [-0.1, -0.05) is 0 Å². The molecule has 0 unspecified atom stereocenters. The van der Waals surface area contributed by atoms with Crippen molar-refractivity contribution in [3.63, 3.8) is 0 Å². The lowest BCUT2D eigenvalue weighted by Crippen LogP contribution is -2.21. The van der Waals surface area contributed by atoms with E-state index in [9.17, 15) is 0 Å². The lowest BCUT2D eigenvalue weighted by atomic mass is 10.1. The van der Waals surface area contributed by atoms with Crippen molar-refractivity contribution in [3.05, 3.63) is 18.2 Å². The predicted molar refractivity (Wildman–Crippen MR) is 73.7 cm³/mol. The van der Waals surface area contributed by atoms with Crippen molar-refractivity contribution in [1.29, 1.82) is 0 Å². The third-order valence-corrected chi connectivity index (χ3v) is 3.29. The first kappa shape index (κ1) is 13.4. The third kappa shape index (κ3) is 3.71. The molecule has 4 nitrogen and oxygen atoms in total. The fourth-order valence-electron chi connectivity index (χ4n) is 1.76. The quantitative estimate of drug-likeness (QED) is 0.589. The lowest BCUT2D eigenvalue weighted by molar-refractivity contribution is 0.173. The number of hydrogen-bond donors (Lipinski definition) is 2. The van der Waals surface area contributed by atoms with Gasteiger partial charge in [0.25, 0.3) is 0 Å². The highest BCUT2D eigenvalue weighted by atomic mass is 32.1. The molecule has 0 saturated heterocycles. The number of fused-ring (bicyclic) bond motifs is 1. The number of nitrogens with two attached hydrogens (primary N) is 1. The van der Waals surface area contributed by atoms with Gasteiger partial charge in [0, 0.05) is 17.9 Å². The summed E-state index contributed by atoms with van der Waals surface area (Å²) in [5.74, 6) is 3.09. The number of unbranched alkanes of at least 4 members (excludes halogenated alkanes) is 1. The van der Waals surface area contributed by atoms with Crippen molar-refractivity contribution in [2.75, 3.05) is 19.2 Å². The van der Waals surface area contributed by atoms with Gasteiger partial charge in [-0.3, -0.25) is 0 Å². The Hall–Kier alpha value is -1.07. The van der Waals surface area contributed by atoms with Crippen LogP contribution in [0.4, 0.5) is 0 Å². The summed E-state index contributed by atoms with van der Waals surface area (Å²) in [7, 11) is 0. The molecule has 1 heterocycles. The van der Waals surface area contributed by atoms with E-state index in [1.54, 1.807) is 0 Å². The number of thiol groups is 1. The fraction of sp³-hybridized carbons (Fsp3) is 0.538. The van der Waals surface area contributed by atoms with Crippen LogP contribution in [0.3, 0.4) is 0 Å². The van der Waals surface area contributed by atoms with Gasteiger partial charge in [-0.05, 0) is 31.4 Å². The highest BCUT2D eigenvalue weighted by molar-refractivity contribution is 7.80. The molecule has 0 bridgehead atoms. The van der Waals surface area contributed by atoms with Crippen LogP contribution in [0.15, 0.2) is 18.2 Å². The van der Waals surface area contributed by atoms with Crippen LogP contribution in [0.1, 0.15) is 19.3 Å². The van der Waals surface area contributed by atoms with Gasteiger partial charge < -0.3 is 19.9 Å². The summed E-state index contributed by atoms with van der Waals surface area (Å²) in [5.41, 5.74) is 5.78. The smallest absolute Gasteiger partial charge is 0.231 e. The number of benzene rings is 1. The minimum Gasteiger partial charge on any atom is -0.493 e. The minimum atomic E-state index is 0.193. The zero-order chi connectivity index (χ0) is 12.8. The van der Waals surface area contributed by atoms with Crippen LogP contribution in [0, 0.1) is 0 Å². The van der Waals surface area contributed by atoms with Crippen molar-refractivity contribution in [2.45, 2.75) is 25.3 Å². The molecule has 0 aliphatic carbocycles. The van der Waals surface area contributed by atoms with Gasteiger partial charge in [0.2, 0.25) is 6.79 Å². The molecule has 1 aliphatic heterocycles. The van der Waals surface area contributed by atoms with E-state index in [1.807, 2.05) is 18.2 Å².